The Bertz CT molecular complexity index is 690. The Morgan fingerprint density at radius 2 is 1.74 bits per heavy atom. The van der Waals surface area contributed by atoms with Crippen LogP contribution in [-0.4, -0.2) is 86.6 Å². The number of halogens is 1. The molecule has 0 bridgehead atoms. The average Bonchev–Trinajstić information content (AvgIpc) is 2.96. The number of carbonyl (C=O) groups excluding carboxylic acids is 3. The first-order valence-electron chi connectivity index (χ1n) is 11.6. The summed E-state index contributed by atoms with van der Waals surface area (Å²) in [5, 5.41) is 12.9. The first-order chi connectivity index (χ1) is 14.7. The van der Waals surface area contributed by atoms with Gasteiger partial charge in [-0.2, -0.15) is 0 Å². The van der Waals surface area contributed by atoms with E-state index in [1.807, 2.05) is 14.1 Å². The van der Waals surface area contributed by atoms with Gasteiger partial charge in [0.15, 0.2) is 0 Å². The van der Waals surface area contributed by atoms with Gasteiger partial charge in [-0.05, 0) is 40.4 Å². The van der Waals surface area contributed by atoms with E-state index < -0.39 is 24.1 Å². The SMILES string of the molecule is CCCCCCCN1C(C)C2C(=O)N(C3CCC(=O)NC3O)C(=O)C2C(I)C1N(C)C. The lowest BCUT2D eigenvalue weighted by Crippen LogP contribution is -2.64. The summed E-state index contributed by atoms with van der Waals surface area (Å²) in [6.45, 7) is 5.18. The van der Waals surface area contributed by atoms with Crippen molar-refractivity contribution in [1.29, 1.82) is 0 Å². The molecule has 3 saturated heterocycles. The molecule has 31 heavy (non-hydrogen) atoms. The smallest absolute Gasteiger partial charge is 0.235 e. The average molecular weight is 548 g/mol. The van der Waals surface area contributed by atoms with Gasteiger partial charge in [0, 0.05) is 12.5 Å². The third kappa shape index (κ3) is 4.79. The van der Waals surface area contributed by atoms with E-state index in [1.54, 1.807) is 0 Å². The molecular formula is C22H37IN4O4. The minimum absolute atomic E-state index is 0.0405. The lowest BCUT2D eigenvalue weighted by molar-refractivity contribution is -0.151. The van der Waals surface area contributed by atoms with E-state index in [-0.39, 0.29) is 40.3 Å². The summed E-state index contributed by atoms with van der Waals surface area (Å²) in [7, 11) is 4.07. The van der Waals surface area contributed by atoms with Crippen LogP contribution in [0.4, 0.5) is 0 Å². The van der Waals surface area contributed by atoms with Crippen LogP contribution >= 0.6 is 22.6 Å². The van der Waals surface area contributed by atoms with Crippen molar-refractivity contribution < 1.29 is 19.5 Å². The van der Waals surface area contributed by atoms with Crippen molar-refractivity contribution in [3.63, 3.8) is 0 Å². The van der Waals surface area contributed by atoms with Crippen LogP contribution in [-0.2, 0) is 14.4 Å². The Kier molecular flexibility index (Phi) is 8.37. The molecule has 7 unspecified atom stereocenters. The highest BCUT2D eigenvalue weighted by Crippen LogP contribution is 2.45. The molecule has 9 heteroatoms. The number of hydrogen-bond donors (Lipinski definition) is 2. The molecule has 3 aliphatic heterocycles. The van der Waals surface area contributed by atoms with Gasteiger partial charge < -0.3 is 10.4 Å². The van der Waals surface area contributed by atoms with Crippen LogP contribution < -0.4 is 5.32 Å². The third-order valence-electron chi connectivity index (χ3n) is 7.16. The number of unbranched alkanes of at least 4 members (excludes halogenated alkanes) is 4. The van der Waals surface area contributed by atoms with Crippen molar-refractivity contribution in [2.45, 2.75) is 87.2 Å². The molecule has 0 radical (unpaired) electrons. The van der Waals surface area contributed by atoms with Crippen molar-refractivity contribution in [2.24, 2.45) is 11.8 Å². The topological polar surface area (TPSA) is 93.2 Å². The molecule has 0 aliphatic carbocycles. The van der Waals surface area contributed by atoms with E-state index in [2.05, 4.69) is 51.6 Å². The second kappa shape index (κ2) is 10.4. The fraction of sp³-hybridized carbons (Fsp3) is 0.864. The first kappa shape index (κ1) is 24.9. The number of nitrogens with one attached hydrogen (secondary N) is 1. The zero-order valence-electron chi connectivity index (χ0n) is 19.1. The zero-order valence-corrected chi connectivity index (χ0v) is 21.2. The van der Waals surface area contributed by atoms with E-state index in [0.717, 1.165) is 13.0 Å². The van der Waals surface area contributed by atoms with Gasteiger partial charge in [-0.1, -0.05) is 55.2 Å². The van der Waals surface area contributed by atoms with Gasteiger partial charge in [0.25, 0.3) is 0 Å². The second-order valence-electron chi connectivity index (χ2n) is 9.43. The van der Waals surface area contributed by atoms with E-state index in [1.165, 1.54) is 30.6 Å². The summed E-state index contributed by atoms with van der Waals surface area (Å²) < 4.78 is -0.0405. The van der Waals surface area contributed by atoms with Gasteiger partial charge in [0.05, 0.1) is 28.0 Å². The van der Waals surface area contributed by atoms with Crippen LogP contribution in [0.2, 0.25) is 0 Å². The zero-order chi connectivity index (χ0) is 22.9. The number of hydrogen-bond acceptors (Lipinski definition) is 6. The number of imide groups is 1. The normalized spacial score (nSPS) is 36.8. The number of piperidine rings is 2. The van der Waals surface area contributed by atoms with Gasteiger partial charge >= 0.3 is 0 Å². The Labute approximate surface area is 199 Å². The van der Waals surface area contributed by atoms with Crippen molar-refractivity contribution in [2.75, 3.05) is 20.6 Å². The fourth-order valence-corrected chi connectivity index (χ4v) is 7.39. The molecular weight excluding hydrogens is 511 g/mol. The number of rotatable bonds is 8. The van der Waals surface area contributed by atoms with Crippen LogP contribution in [0.5, 0.6) is 0 Å². The standard InChI is InChI=1S/C22H37IN4O4/c1-5-6-7-8-9-12-26-13(2)16-17(18(23)20(26)25(3)4)22(31)27(21(16)30)14-10-11-15(28)24-19(14)29/h13-14,16-20,29H,5-12H2,1-4H3,(H,24,28). The number of aliphatic hydroxyl groups is 1. The number of likely N-dealkylation sites (tertiary alicyclic amines) is 2. The molecule has 3 rings (SSSR count). The Hall–Kier alpha value is -0.780. The summed E-state index contributed by atoms with van der Waals surface area (Å²) in [5.41, 5.74) is 0. The third-order valence-corrected chi connectivity index (χ3v) is 8.58. The van der Waals surface area contributed by atoms with Crippen LogP contribution in [0, 0.1) is 11.8 Å². The molecule has 3 amide bonds. The van der Waals surface area contributed by atoms with Gasteiger partial charge in [-0.25, -0.2) is 0 Å². The van der Waals surface area contributed by atoms with Crippen molar-refractivity contribution >= 4 is 40.3 Å². The van der Waals surface area contributed by atoms with Crippen LogP contribution in [0.15, 0.2) is 0 Å². The fourth-order valence-electron chi connectivity index (χ4n) is 5.58. The monoisotopic (exact) mass is 548 g/mol. The van der Waals surface area contributed by atoms with Crippen molar-refractivity contribution in [3.05, 3.63) is 0 Å². The predicted octanol–water partition coefficient (Wildman–Crippen LogP) is 1.55. The molecule has 7 atom stereocenters. The molecule has 8 nitrogen and oxygen atoms in total. The summed E-state index contributed by atoms with van der Waals surface area (Å²) in [6, 6.07) is -0.745. The lowest BCUT2D eigenvalue weighted by Gasteiger charge is -2.50. The van der Waals surface area contributed by atoms with E-state index in [4.69, 9.17) is 0 Å². The van der Waals surface area contributed by atoms with Gasteiger partial charge in [0.2, 0.25) is 17.7 Å². The molecule has 2 N–H and O–H groups in total. The molecule has 3 heterocycles. The molecule has 0 aromatic heterocycles. The van der Waals surface area contributed by atoms with E-state index in [9.17, 15) is 19.5 Å². The summed E-state index contributed by atoms with van der Waals surface area (Å²) >= 11 is 2.35. The predicted molar refractivity (Wildman–Crippen MR) is 126 cm³/mol. The molecule has 0 saturated carbocycles. The van der Waals surface area contributed by atoms with Crippen LogP contribution in [0.1, 0.15) is 58.8 Å². The molecule has 0 aromatic rings. The summed E-state index contributed by atoms with van der Waals surface area (Å²) in [5.74, 6) is -1.46. The molecule has 3 aliphatic rings. The lowest BCUT2D eigenvalue weighted by atomic mass is 9.80. The van der Waals surface area contributed by atoms with Crippen molar-refractivity contribution in [3.8, 4) is 0 Å². The van der Waals surface area contributed by atoms with Gasteiger partial charge in [0.1, 0.15) is 6.23 Å². The molecule has 176 valence electrons. The minimum Gasteiger partial charge on any atom is -0.372 e. The highest BCUT2D eigenvalue weighted by Gasteiger charge is 2.61. The number of aliphatic hydroxyl groups excluding tert-OH is 1. The Balaban J connectivity index is 1.82. The first-order valence-corrected chi connectivity index (χ1v) is 12.9. The maximum Gasteiger partial charge on any atom is 0.235 e. The number of alkyl halides is 1. The number of fused-ring (bicyclic) bond motifs is 1. The molecule has 0 spiro atoms. The van der Waals surface area contributed by atoms with Crippen LogP contribution in [0.3, 0.4) is 0 Å². The summed E-state index contributed by atoms with van der Waals surface area (Å²) in [4.78, 5) is 44.4. The van der Waals surface area contributed by atoms with E-state index in [0.29, 0.717) is 6.42 Å². The highest BCUT2D eigenvalue weighted by atomic mass is 127. The largest absolute Gasteiger partial charge is 0.372 e. The Morgan fingerprint density at radius 1 is 1.10 bits per heavy atom. The quantitative estimate of drug-likeness (QED) is 0.207. The number of nitrogens with zero attached hydrogens (tertiary/aromatic N) is 3. The van der Waals surface area contributed by atoms with Crippen molar-refractivity contribution in [1.82, 2.24) is 20.0 Å². The van der Waals surface area contributed by atoms with Gasteiger partial charge in [-0.3, -0.25) is 29.1 Å². The maximum atomic E-state index is 13.5. The van der Waals surface area contributed by atoms with E-state index >= 15 is 0 Å². The molecule has 3 fully saturated rings. The van der Waals surface area contributed by atoms with Crippen LogP contribution in [0.25, 0.3) is 0 Å². The second-order valence-corrected chi connectivity index (χ2v) is 10.9. The highest BCUT2D eigenvalue weighted by molar-refractivity contribution is 14.1. The number of amides is 3. The van der Waals surface area contributed by atoms with Gasteiger partial charge in [-0.15, -0.1) is 0 Å². The summed E-state index contributed by atoms with van der Waals surface area (Å²) in [6.07, 6.45) is 5.31. The Morgan fingerprint density at radius 3 is 2.35 bits per heavy atom. The number of carbonyl (C=O) groups is 3. The maximum absolute atomic E-state index is 13.5. The minimum atomic E-state index is -1.20. The molecule has 0 aromatic carbocycles.